The predicted molar refractivity (Wildman–Crippen MR) is 66.2 cm³/mol. The van der Waals surface area contributed by atoms with Crippen LogP contribution in [0.2, 0.25) is 0 Å². The fourth-order valence-electron chi connectivity index (χ4n) is 1.20. The molecule has 0 fully saturated rings. The number of nitrogens with zero attached hydrogens (tertiary/aromatic N) is 1. The van der Waals surface area contributed by atoms with Crippen molar-refractivity contribution in [2.24, 2.45) is 5.73 Å². The SMILES string of the molecule is CCC(C)(N)COc1cc([N+](=O)[O-])ccc1C. The minimum absolute atomic E-state index is 0.0285. The minimum atomic E-state index is -0.437. The number of benzene rings is 1. The highest BCUT2D eigenvalue weighted by Gasteiger charge is 2.18. The standard InChI is InChI=1S/C12H18N2O3/c1-4-12(3,13)8-17-11-7-10(14(15)16)6-5-9(11)2/h5-7H,4,8,13H2,1-3H3. The third-order valence-electron chi connectivity index (χ3n) is 2.75. The van der Waals surface area contributed by atoms with Gasteiger partial charge >= 0.3 is 0 Å². The topological polar surface area (TPSA) is 78.4 Å². The van der Waals surface area contributed by atoms with Gasteiger partial charge in [0.15, 0.2) is 0 Å². The van der Waals surface area contributed by atoms with E-state index in [0.717, 1.165) is 12.0 Å². The average Bonchev–Trinajstić information content (AvgIpc) is 2.27. The van der Waals surface area contributed by atoms with Gasteiger partial charge in [-0.1, -0.05) is 6.92 Å². The molecule has 0 saturated carbocycles. The summed E-state index contributed by atoms with van der Waals surface area (Å²) in [6.07, 6.45) is 0.779. The van der Waals surface area contributed by atoms with Gasteiger partial charge in [-0.2, -0.15) is 0 Å². The molecule has 0 aromatic heterocycles. The van der Waals surface area contributed by atoms with Crippen LogP contribution < -0.4 is 10.5 Å². The van der Waals surface area contributed by atoms with Crippen LogP contribution in [0.1, 0.15) is 25.8 Å². The van der Waals surface area contributed by atoms with Crippen LogP contribution in [0.15, 0.2) is 18.2 Å². The molecule has 1 aromatic carbocycles. The number of rotatable bonds is 5. The molecular formula is C12H18N2O3. The summed E-state index contributed by atoms with van der Waals surface area (Å²) in [6.45, 7) is 6.05. The smallest absolute Gasteiger partial charge is 0.273 e. The van der Waals surface area contributed by atoms with E-state index in [-0.39, 0.29) is 5.69 Å². The van der Waals surface area contributed by atoms with E-state index in [1.807, 2.05) is 20.8 Å². The zero-order valence-electron chi connectivity index (χ0n) is 10.4. The number of hydrogen-bond donors (Lipinski definition) is 1. The molecule has 0 aliphatic carbocycles. The van der Waals surface area contributed by atoms with Crippen molar-refractivity contribution >= 4 is 5.69 Å². The summed E-state index contributed by atoms with van der Waals surface area (Å²) < 4.78 is 5.55. The summed E-state index contributed by atoms with van der Waals surface area (Å²) in [6, 6.07) is 4.57. The van der Waals surface area contributed by atoms with Crippen molar-refractivity contribution in [1.82, 2.24) is 0 Å². The highest BCUT2D eigenvalue weighted by Crippen LogP contribution is 2.24. The lowest BCUT2D eigenvalue weighted by molar-refractivity contribution is -0.385. The highest BCUT2D eigenvalue weighted by molar-refractivity contribution is 5.43. The molecule has 0 aliphatic rings. The Balaban J connectivity index is 2.83. The second-order valence-electron chi connectivity index (χ2n) is 4.50. The number of hydrogen-bond acceptors (Lipinski definition) is 4. The number of nitro groups is 1. The molecule has 0 radical (unpaired) electrons. The second-order valence-corrected chi connectivity index (χ2v) is 4.50. The van der Waals surface area contributed by atoms with E-state index in [2.05, 4.69) is 0 Å². The van der Waals surface area contributed by atoms with Crippen molar-refractivity contribution in [3.8, 4) is 5.75 Å². The fourth-order valence-corrected chi connectivity index (χ4v) is 1.20. The van der Waals surface area contributed by atoms with Gasteiger partial charge in [0.25, 0.3) is 5.69 Å². The maximum absolute atomic E-state index is 10.6. The van der Waals surface area contributed by atoms with Gasteiger partial charge < -0.3 is 10.5 Å². The fraction of sp³-hybridized carbons (Fsp3) is 0.500. The van der Waals surface area contributed by atoms with Gasteiger partial charge in [0.1, 0.15) is 12.4 Å². The summed E-state index contributed by atoms with van der Waals surface area (Å²) in [5.74, 6) is 0.518. The van der Waals surface area contributed by atoms with Gasteiger partial charge in [0.05, 0.1) is 11.0 Å². The van der Waals surface area contributed by atoms with Gasteiger partial charge in [-0.3, -0.25) is 10.1 Å². The molecule has 5 nitrogen and oxygen atoms in total. The first-order valence-corrected chi connectivity index (χ1v) is 5.52. The first-order valence-electron chi connectivity index (χ1n) is 5.52. The van der Waals surface area contributed by atoms with Crippen molar-refractivity contribution in [2.45, 2.75) is 32.7 Å². The Morgan fingerprint density at radius 2 is 2.18 bits per heavy atom. The maximum Gasteiger partial charge on any atom is 0.273 e. The van der Waals surface area contributed by atoms with E-state index in [1.54, 1.807) is 6.07 Å². The van der Waals surface area contributed by atoms with Crippen LogP contribution in [0.5, 0.6) is 5.75 Å². The van der Waals surface area contributed by atoms with E-state index in [9.17, 15) is 10.1 Å². The molecule has 1 unspecified atom stereocenters. The predicted octanol–water partition coefficient (Wildman–Crippen LogP) is 2.41. The molecule has 0 heterocycles. The van der Waals surface area contributed by atoms with Crippen LogP contribution >= 0.6 is 0 Å². The van der Waals surface area contributed by atoms with Crippen LogP contribution in [-0.4, -0.2) is 17.1 Å². The summed E-state index contributed by atoms with van der Waals surface area (Å²) >= 11 is 0. The Morgan fingerprint density at radius 1 is 1.53 bits per heavy atom. The van der Waals surface area contributed by atoms with Crippen LogP contribution in [0.25, 0.3) is 0 Å². The third kappa shape index (κ3) is 3.71. The molecule has 1 aromatic rings. The van der Waals surface area contributed by atoms with Crippen molar-refractivity contribution in [3.05, 3.63) is 33.9 Å². The zero-order valence-corrected chi connectivity index (χ0v) is 10.4. The Kier molecular flexibility index (Phi) is 4.07. The largest absolute Gasteiger partial charge is 0.491 e. The Hall–Kier alpha value is -1.62. The number of ether oxygens (including phenoxy) is 1. The minimum Gasteiger partial charge on any atom is -0.491 e. The highest BCUT2D eigenvalue weighted by atomic mass is 16.6. The van der Waals surface area contributed by atoms with Crippen LogP contribution in [0.4, 0.5) is 5.69 Å². The molecule has 1 rings (SSSR count). The lowest BCUT2D eigenvalue weighted by atomic mass is 10.0. The molecule has 0 amide bonds. The van der Waals surface area contributed by atoms with E-state index in [0.29, 0.717) is 12.4 Å². The third-order valence-corrected chi connectivity index (χ3v) is 2.75. The van der Waals surface area contributed by atoms with Crippen LogP contribution in [0.3, 0.4) is 0 Å². The molecule has 94 valence electrons. The normalized spacial score (nSPS) is 14.1. The molecule has 1 atom stereocenters. The number of nitro benzene ring substituents is 1. The van der Waals surface area contributed by atoms with Crippen LogP contribution in [-0.2, 0) is 0 Å². The Labute approximate surface area is 101 Å². The van der Waals surface area contributed by atoms with Crippen LogP contribution in [0, 0.1) is 17.0 Å². The molecule has 0 spiro atoms. The lowest BCUT2D eigenvalue weighted by Crippen LogP contribution is -2.41. The van der Waals surface area contributed by atoms with Gasteiger partial charge in [-0.25, -0.2) is 0 Å². The number of aryl methyl sites for hydroxylation is 1. The molecule has 17 heavy (non-hydrogen) atoms. The monoisotopic (exact) mass is 238 g/mol. The van der Waals surface area contributed by atoms with E-state index in [4.69, 9.17) is 10.5 Å². The summed E-state index contributed by atoms with van der Waals surface area (Å²) in [5.41, 5.74) is 6.43. The molecular weight excluding hydrogens is 220 g/mol. The lowest BCUT2D eigenvalue weighted by Gasteiger charge is -2.23. The first-order chi connectivity index (χ1) is 7.85. The van der Waals surface area contributed by atoms with Crippen molar-refractivity contribution in [2.75, 3.05) is 6.61 Å². The average molecular weight is 238 g/mol. The summed E-state index contributed by atoms with van der Waals surface area (Å²) in [4.78, 5) is 10.2. The molecule has 0 saturated heterocycles. The van der Waals surface area contributed by atoms with Crippen molar-refractivity contribution < 1.29 is 9.66 Å². The summed E-state index contributed by atoms with van der Waals surface area (Å²) in [7, 11) is 0. The maximum atomic E-state index is 10.6. The van der Waals surface area contributed by atoms with Gasteiger partial charge in [0, 0.05) is 11.6 Å². The molecule has 0 bridgehead atoms. The number of nitrogens with two attached hydrogens (primary N) is 1. The Morgan fingerprint density at radius 3 is 2.71 bits per heavy atom. The van der Waals surface area contributed by atoms with E-state index < -0.39 is 10.5 Å². The second kappa shape index (κ2) is 5.14. The summed E-state index contributed by atoms with van der Waals surface area (Å²) in [5, 5.41) is 10.6. The Bertz CT molecular complexity index is 416. The number of non-ortho nitro benzene ring substituents is 1. The molecule has 5 heteroatoms. The van der Waals surface area contributed by atoms with Gasteiger partial charge in [0.2, 0.25) is 0 Å². The van der Waals surface area contributed by atoms with Crippen molar-refractivity contribution in [3.63, 3.8) is 0 Å². The quantitative estimate of drug-likeness (QED) is 0.631. The van der Waals surface area contributed by atoms with Gasteiger partial charge in [-0.05, 0) is 31.9 Å². The molecule has 2 N–H and O–H groups in total. The van der Waals surface area contributed by atoms with E-state index >= 15 is 0 Å². The molecule has 0 aliphatic heterocycles. The van der Waals surface area contributed by atoms with E-state index in [1.165, 1.54) is 12.1 Å². The zero-order chi connectivity index (χ0) is 13.1. The van der Waals surface area contributed by atoms with Crippen molar-refractivity contribution in [1.29, 1.82) is 0 Å². The first kappa shape index (κ1) is 13.4. The van der Waals surface area contributed by atoms with Gasteiger partial charge in [-0.15, -0.1) is 0 Å².